The van der Waals surface area contributed by atoms with Crippen molar-refractivity contribution in [3.63, 3.8) is 0 Å². The van der Waals surface area contributed by atoms with Gasteiger partial charge in [-0.05, 0) is 91.3 Å². The molecule has 7 nitrogen and oxygen atoms in total. The Morgan fingerprint density at radius 1 is 1.21 bits per heavy atom. The van der Waals surface area contributed by atoms with Gasteiger partial charge in [0.05, 0.1) is 21.6 Å². The molecule has 0 aliphatic heterocycles. The van der Waals surface area contributed by atoms with Gasteiger partial charge in [0.15, 0.2) is 0 Å². The number of phenolic OH excluding ortho intramolecular Hbond substituents is 1. The van der Waals surface area contributed by atoms with Gasteiger partial charge in [-0.3, -0.25) is 0 Å². The summed E-state index contributed by atoms with van der Waals surface area (Å²) in [6.45, 7) is 2.08. The number of benzene rings is 2. The van der Waals surface area contributed by atoms with Gasteiger partial charge < -0.3 is 14.9 Å². The summed E-state index contributed by atoms with van der Waals surface area (Å²) in [6.07, 6.45) is 2.50. The molecule has 0 radical (unpaired) electrons. The number of halogens is 1. The molecule has 3 unspecified atom stereocenters. The molecule has 0 aromatic heterocycles. The minimum atomic E-state index is -4.02. The molecule has 9 heteroatoms. The highest BCUT2D eigenvalue weighted by molar-refractivity contribution is 7.89. The van der Waals surface area contributed by atoms with Crippen LogP contribution in [0.2, 0.25) is 5.02 Å². The summed E-state index contributed by atoms with van der Waals surface area (Å²) in [7, 11) is -4.02. The van der Waals surface area contributed by atoms with Crippen LogP contribution in [0.25, 0.3) is 0 Å². The van der Waals surface area contributed by atoms with E-state index in [1.807, 2.05) is 12.1 Å². The molecule has 182 valence electrons. The number of phenols is 1. The fourth-order valence-electron chi connectivity index (χ4n) is 6.77. The minimum absolute atomic E-state index is 0.0578. The van der Waals surface area contributed by atoms with Crippen molar-refractivity contribution in [1.29, 1.82) is 0 Å². The third kappa shape index (κ3) is 3.81. The maximum absolute atomic E-state index is 13.1. The van der Waals surface area contributed by atoms with Crippen molar-refractivity contribution < 1.29 is 28.2 Å². The van der Waals surface area contributed by atoms with E-state index in [0.29, 0.717) is 18.3 Å². The first-order chi connectivity index (χ1) is 16.0. The van der Waals surface area contributed by atoms with Crippen LogP contribution in [-0.2, 0) is 21.2 Å². The van der Waals surface area contributed by atoms with Crippen molar-refractivity contribution in [2.75, 3.05) is 0 Å². The number of nitrogens with two attached hydrogens (primary N) is 1. The molecule has 34 heavy (non-hydrogen) atoms. The Balaban J connectivity index is 1.41. The van der Waals surface area contributed by atoms with Crippen LogP contribution in [0.5, 0.6) is 5.75 Å². The average molecular weight is 506 g/mol. The molecule has 0 bridgehead atoms. The molecule has 2 saturated carbocycles. The lowest BCUT2D eigenvalue weighted by molar-refractivity contribution is -0.0676. The number of fused-ring (bicyclic) bond motifs is 5. The van der Waals surface area contributed by atoms with Crippen LogP contribution < -0.4 is 5.14 Å². The van der Waals surface area contributed by atoms with E-state index in [1.54, 1.807) is 6.07 Å². The fourth-order valence-corrected chi connectivity index (χ4v) is 7.50. The topological polar surface area (TPSA) is 127 Å². The van der Waals surface area contributed by atoms with Gasteiger partial charge in [0.1, 0.15) is 11.9 Å². The Hall–Kier alpha value is -2.13. The van der Waals surface area contributed by atoms with Crippen LogP contribution in [0.4, 0.5) is 0 Å². The van der Waals surface area contributed by atoms with Gasteiger partial charge in [0, 0.05) is 5.41 Å². The average Bonchev–Trinajstić information content (AvgIpc) is 3.03. The number of esters is 1. The van der Waals surface area contributed by atoms with Crippen LogP contribution >= 0.6 is 11.6 Å². The first-order valence-electron chi connectivity index (χ1n) is 11.5. The third-order valence-electron chi connectivity index (χ3n) is 8.36. The number of ether oxygens (including phenoxy) is 1. The number of carbonyl (C=O) groups is 1. The smallest absolute Gasteiger partial charge is 0.340 e. The molecular weight excluding hydrogens is 478 g/mol. The Labute approximate surface area is 203 Å². The fraction of sp³-hybridized carbons (Fsp3) is 0.480. The standard InChI is InChI=1S/C25H28ClNO6S/c1-25-9-8-17-16-6-3-14(28)10-13(16)2-5-18(17)20(25)12-22(29)23(25)33-24(30)19-11-15(34(27,31)32)4-7-21(19)26/h3-4,6-7,10-11,17-18,20,22-23,28-29H,2,5,8-9,12H2,1H3,(H2,27,31,32)/t17?,18?,20?,22-,23+,25+/m1/s1. The Kier molecular flexibility index (Phi) is 5.71. The highest BCUT2D eigenvalue weighted by Crippen LogP contribution is 2.61. The lowest BCUT2D eigenvalue weighted by atomic mass is 9.55. The van der Waals surface area contributed by atoms with Gasteiger partial charge in [-0.25, -0.2) is 18.4 Å². The lowest BCUT2D eigenvalue weighted by Crippen LogP contribution is -2.46. The maximum Gasteiger partial charge on any atom is 0.340 e. The zero-order valence-corrected chi connectivity index (χ0v) is 20.3. The number of sulfonamides is 1. The largest absolute Gasteiger partial charge is 0.508 e. The molecule has 0 spiro atoms. The van der Waals surface area contributed by atoms with Crippen molar-refractivity contribution in [1.82, 2.24) is 0 Å². The van der Waals surface area contributed by atoms with E-state index in [-0.39, 0.29) is 27.1 Å². The molecule has 6 atom stereocenters. The van der Waals surface area contributed by atoms with Crippen LogP contribution in [0.3, 0.4) is 0 Å². The number of aryl methyl sites for hydroxylation is 1. The predicted octanol–water partition coefficient (Wildman–Crippen LogP) is 3.75. The number of aliphatic hydroxyl groups excluding tert-OH is 1. The predicted molar refractivity (Wildman–Crippen MR) is 126 cm³/mol. The summed E-state index contributed by atoms with van der Waals surface area (Å²) in [4.78, 5) is 12.8. The number of hydrogen-bond acceptors (Lipinski definition) is 6. The normalized spacial score (nSPS) is 32.4. The van der Waals surface area contributed by atoms with Crippen LogP contribution in [0, 0.1) is 17.3 Å². The van der Waals surface area contributed by atoms with Gasteiger partial charge in [0.25, 0.3) is 0 Å². The first kappa shape index (κ1) is 23.6. The highest BCUT2D eigenvalue weighted by atomic mass is 35.5. The van der Waals surface area contributed by atoms with Gasteiger partial charge in [0.2, 0.25) is 10.0 Å². The number of primary sulfonamides is 1. The first-order valence-corrected chi connectivity index (χ1v) is 13.4. The van der Waals surface area contributed by atoms with Crippen molar-refractivity contribution >= 4 is 27.6 Å². The number of aliphatic hydroxyl groups is 1. The Morgan fingerprint density at radius 2 is 1.97 bits per heavy atom. The summed E-state index contributed by atoms with van der Waals surface area (Å²) in [5, 5.41) is 26.1. The molecule has 2 fully saturated rings. The van der Waals surface area contributed by atoms with Crippen LogP contribution in [-0.4, -0.2) is 36.8 Å². The van der Waals surface area contributed by atoms with E-state index in [4.69, 9.17) is 21.5 Å². The molecule has 4 N–H and O–H groups in total. The van der Waals surface area contributed by atoms with E-state index in [2.05, 4.69) is 6.92 Å². The second-order valence-electron chi connectivity index (χ2n) is 10.2. The lowest BCUT2D eigenvalue weighted by Gasteiger charge is -2.50. The second kappa shape index (κ2) is 8.22. The van der Waals surface area contributed by atoms with Crippen molar-refractivity contribution in [3.05, 3.63) is 58.1 Å². The molecule has 0 heterocycles. The van der Waals surface area contributed by atoms with E-state index in [1.165, 1.54) is 23.3 Å². The van der Waals surface area contributed by atoms with E-state index in [0.717, 1.165) is 31.7 Å². The summed E-state index contributed by atoms with van der Waals surface area (Å²) < 4.78 is 29.3. The summed E-state index contributed by atoms with van der Waals surface area (Å²) in [5.41, 5.74) is 1.97. The quantitative estimate of drug-likeness (QED) is 0.545. The minimum Gasteiger partial charge on any atom is -0.508 e. The number of carbonyl (C=O) groups excluding carboxylic acids is 1. The monoisotopic (exact) mass is 505 g/mol. The Morgan fingerprint density at radius 3 is 2.71 bits per heavy atom. The molecular formula is C25H28ClNO6S. The number of aromatic hydroxyl groups is 1. The SMILES string of the molecule is C[C@]12CCC3c4ccc(O)cc4CCC3C1C[C@@H](O)[C@@H]2OC(=O)c1cc(S(N)(=O)=O)ccc1Cl. The molecule has 0 saturated heterocycles. The van der Waals surface area contributed by atoms with E-state index < -0.39 is 33.6 Å². The van der Waals surface area contributed by atoms with Crippen LogP contribution in [0.1, 0.15) is 60.0 Å². The second-order valence-corrected chi connectivity index (χ2v) is 12.1. The maximum atomic E-state index is 13.1. The Bertz CT molecular complexity index is 1260. The van der Waals surface area contributed by atoms with Gasteiger partial charge in [-0.15, -0.1) is 0 Å². The molecule has 3 aliphatic rings. The summed E-state index contributed by atoms with van der Waals surface area (Å²) in [6, 6.07) is 9.27. The zero-order valence-electron chi connectivity index (χ0n) is 18.8. The number of rotatable bonds is 3. The van der Waals surface area contributed by atoms with Crippen LogP contribution in [0.15, 0.2) is 41.3 Å². The molecule has 5 rings (SSSR count). The summed E-state index contributed by atoms with van der Waals surface area (Å²) >= 11 is 6.17. The van der Waals surface area contributed by atoms with Gasteiger partial charge in [-0.1, -0.05) is 24.6 Å². The zero-order chi connectivity index (χ0) is 24.4. The van der Waals surface area contributed by atoms with E-state index >= 15 is 0 Å². The van der Waals surface area contributed by atoms with Crippen molar-refractivity contribution in [2.24, 2.45) is 22.4 Å². The van der Waals surface area contributed by atoms with Crippen molar-refractivity contribution in [2.45, 2.75) is 62.0 Å². The van der Waals surface area contributed by atoms with Gasteiger partial charge >= 0.3 is 5.97 Å². The molecule has 0 amide bonds. The molecule has 3 aliphatic carbocycles. The van der Waals surface area contributed by atoms with E-state index in [9.17, 15) is 23.4 Å². The highest BCUT2D eigenvalue weighted by Gasteiger charge is 2.59. The molecule has 2 aromatic carbocycles. The van der Waals surface area contributed by atoms with Crippen molar-refractivity contribution in [3.8, 4) is 5.75 Å². The molecule has 2 aromatic rings. The summed E-state index contributed by atoms with van der Waals surface area (Å²) in [5.74, 6) is 0.389. The van der Waals surface area contributed by atoms with Gasteiger partial charge in [-0.2, -0.15) is 0 Å². The third-order valence-corrected chi connectivity index (χ3v) is 9.60. The number of hydrogen-bond donors (Lipinski definition) is 3.